The Labute approximate surface area is 127 Å². The molecule has 0 aromatic heterocycles. The summed E-state index contributed by atoms with van der Waals surface area (Å²) < 4.78 is 39.1. The molecule has 0 saturated carbocycles. The Morgan fingerprint density at radius 3 is 2.41 bits per heavy atom. The van der Waals surface area contributed by atoms with Crippen LogP contribution in [0.25, 0.3) is 0 Å². The monoisotopic (exact) mass is 305 g/mol. The lowest BCUT2D eigenvalue weighted by Gasteiger charge is -2.31. The second kappa shape index (κ2) is 6.85. The summed E-state index contributed by atoms with van der Waals surface area (Å²) in [4.78, 5) is 0. The second-order valence-electron chi connectivity index (χ2n) is 5.11. The summed E-state index contributed by atoms with van der Waals surface area (Å²) in [5.74, 6) is -1.81. The highest BCUT2D eigenvalue weighted by Gasteiger charge is 2.29. The van der Waals surface area contributed by atoms with Crippen molar-refractivity contribution < 1.29 is 18.3 Å². The van der Waals surface area contributed by atoms with Crippen molar-refractivity contribution in [3.05, 3.63) is 65.7 Å². The van der Waals surface area contributed by atoms with Gasteiger partial charge < -0.3 is 14.8 Å². The predicted molar refractivity (Wildman–Crippen MR) is 78.8 cm³/mol. The first-order chi connectivity index (χ1) is 10.8. The van der Waals surface area contributed by atoms with E-state index in [4.69, 9.17) is 9.47 Å². The molecule has 1 aliphatic rings. The van der Waals surface area contributed by atoms with Crippen molar-refractivity contribution in [3.63, 3.8) is 0 Å². The van der Waals surface area contributed by atoms with E-state index in [1.54, 1.807) is 0 Å². The third-order valence-corrected chi connectivity index (χ3v) is 3.59. The first-order valence-corrected chi connectivity index (χ1v) is 7.23. The zero-order valence-corrected chi connectivity index (χ0v) is 12.0. The molecule has 1 heterocycles. The van der Waals surface area contributed by atoms with Gasteiger partial charge in [-0.05, 0) is 17.7 Å². The topological polar surface area (TPSA) is 30.5 Å². The third-order valence-electron chi connectivity index (χ3n) is 3.59. The van der Waals surface area contributed by atoms with Gasteiger partial charge in [-0.15, -0.1) is 0 Å². The molecule has 3 nitrogen and oxygen atoms in total. The number of halogens is 2. The van der Waals surface area contributed by atoms with E-state index >= 15 is 0 Å². The standard InChI is InChI=1S/C17H17F2NO2/c18-13-7-4-8-14(19)17(13)22-16(12-5-2-1-3-6-12)15-11-20-9-10-21-15/h1-8,15-16,20H,9-11H2/t15?,16-/m0/s1. The molecule has 5 heteroatoms. The average Bonchev–Trinajstić information content (AvgIpc) is 2.56. The Morgan fingerprint density at radius 2 is 1.77 bits per heavy atom. The third kappa shape index (κ3) is 3.26. The lowest BCUT2D eigenvalue weighted by atomic mass is 10.0. The highest BCUT2D eigenvalue weighted by atomic mass is 19.1. The van der Waals surface area contributed by atoms with Gasteiger partial charge in [-0.2, -0.15) is 0 Å². The zero-order chi connectivity index (χ0) is 15.4. The lowest BCUT2D eigenvalue weighted by molar-refractivity contribution is -0.0453. The van der Waals surface area contributed by atoms with Gasteiger partial charge in [0.25, 0.3) is 0 Å². The fourth-order valence-corrected chi connectivity index (χ4v) is 2.50. The Balaban J connectivity index is 1.91. The minimum absolute atomic E-state index is 0.310. The molecule has 116 valence electrons. The molecule has 2 aromatic rings. The van der Waals surface area contributed by atoms with Crippen molar-refractivity contribution in [2.45, 2.75) is 12.2 Å². The summed E-state index contributed by atoms with van der Waals surface area (Å²) in [5.41, 5.74) is 0.818. The van der Waals surface area contributed by atoms with Gasteiger partial charge in [-0.3, -0.25) is 0 Å². The van der Waals surface area contributed by atoms with Crippen LogP contribution in [0, 0.1) is 11.6 Å². The van der Waals surface area contributed by atoms with E-state index in [2.05, 4.69) is 5.32 Å². The molecule has 1 aliphatic heterocycles. The van der Waals surface area contributed by atoms with Gasteiger partial charge in [0.1, 0.15) is 6.10 Å². The van der Waals surface area contributed by atoms with Gasteiger partial charge in [0.2, 0.25) is 0 Å². The summed E-state index contributed by atoms with van der Waals surface area (Å²) in [7, 11) is 0. The smallest absolute Gasteiger partial charge is 0.191 e. The summed E-state index contributed by atoms with van der Waals surface area (Å²) in [5, 5.41) is 3.21. The average molecular weight is 305 g/mol. The van der Waals surface area contributed by atoms with Crippen molar-refractivity contribution in [3.8, 4) is 5.75 Å². The predicted octanol–water partition coefficient (Wildman–Crippen LogP) is 3.07. The van der Waals surface area contributed by atoms with Crippen LogP contribution >= 0.6 is 0 Å². The van der Waals surface area contributed by atoms with Crippen LogP contribution in [-0.4, -0.2) is 25.8 Å². The highest BCUT2D eigenvalue weighted by Crippen LogP contribution is 2.30. The van der Waals surface area contributed by atoms with Gasteiger partial charge in [-0.25, -0.2) is 8.78 Å². The maximum atomic E-state index is 13.9. The first-order valence-electron chi connectivity index (χ1n) is 7.23. The largest absolute Gasteiger partial charge is 0.477 e. The van der Waals surface area contributed by atoms with Crippen molar-refractivity contribution in [1.29, 1.82) is 0 Å². The molecule has 1 unspecified atom stereocenters. The number of para-hydroxylation sites is 1. The fourth-order valence-electron chi connectivity index (χ4n) is 2.50. The molecular formula is C17H17F2NO2. The zero-order valence-electron chi connectivity index (χ0n) is 12.0. The maximum absolute atomic E-state index is 13.9. The van der Waals surface area contributed by atoms with E-state index in [-0.39, 0.29) is 11.9 Å². The molecule has 0 amide bonds. The molecule has 0 spiro atoms. The molecule has 0 aliphatic carbocycles. The number of hydrogen-bond donors (Lipinski definition) is 1. The van der Waals surface area contributed by atoms with Gasteiger partial charge in [0.05, 0.1) is 6.61 Å². The van der Waals surface area contributed by atoms with E-state index in [0.29, 0.717) is 13.2 Å². The summed E-state index contributed by atoms with van der Waals surface area (Å²) in [6.07, 6.45) is -0.893. The van der Waals surface area contributed by atoms with Gasteiger partial charge in [-0.1, -0.05) is 36.4 Å². The van der Waals surface area contributed by atoms with Crippen LogP contribution in [0.15, 0.2) is 48.5 Å². The lowest BCUT2D eigenvalue weighted by Crippen LogP contribution is -2.43. The Hall–Kier alpha value is -1.98. The van der Waals surface area contributed by atoms with Gasteiger partial charge in [0, 0.05) is 13.1 Å². The van der Waals surface area contributed by atoms with Crippen LogP contribution in [0.1, 0.15) is 11.7 Å². The first kappa shape index (κ1) is 14.9. The molecule has 2 atom stereocenters. The van der Waals surface area contributed by atoms with Gasteiger partial charge >= 0.3 is 0 Å². The van der Waals surface area contributed by atoms with Crippen molar-refractivity contribution in [2.75, 3.05) is 19.7 Å². The fraction of sp³-hybridized carbons (Fsp3) is 0.294. The second-order valence-corrected chi connectivity index (χ2v) is 5.11. The van der Waals surface area contributed by atoms with Crippen molar-refractivity contribution >= 4 is 0 Å². The van der Waals surface area contributed by atoms with Crippen LogP contribution in [0.2, 0.25) is 0 Å². The molecular weight excluding hydrogens is 288 g/mol. The number of rotatable bonds is 4. The molecule has 22 heavy (non-hydrogen) atoms. The minimum Gasteiger partial charge on any atom is -0.477 e. The quantitative estimate of drug-likeness (QED) is 0.941. The molecule has 2 aromatic carbocycles. The van der Waals surface area contributed by atoms with E-state index in [9.17, 15) is 8.78 Å². The van der Waals surface area contributed by atoms with E-state index in [0.717, 1.165) is 12.1 Å². The Morgan fingerprint density at radius 1 is 1.05 bits per heavy atom. The summed E-state index contributed by atoms with van der Waals surface area (Å²) >= 11 is 0. The van der Waals surface area contributed by atoms with Crippen LogP contribution in [-0.2, 0) is 4.74 Å². The number of morpholine rings is 1. The molecule has 0 radical (unpaired) electrons. The summed E-state index contributed by atoms with van der Waals surface area (Å²) in [6, 6.07) is 13.0. The molecule has 1 fully saturated rings. The SMILES string of the molecule is Fc1cccc(F)c1O[C@@H](c1ccccc1)C1CNCCO1. The van der Waals surface area contributed by atoms with Gasteiger partial charge in [0.15, 0.2) is 23.5 Å². The number of benzene rings is 2. The minimum atomic E-state index is -0.718. The van der Waals surface area contributed by atoms with Crippen LogP contribution in [0.4, 0.5) is 8.78 Å². The highest BCUT2D eigenvalue weighted by molar-refractivity contribution is 5.28. The normalized spacial score (nSPS) is 19.6. The van der Waals surface area contributed by atoms with Crippen LogP contribution in [0.5, 0.6) is 5.75 Å². The molecule has 0 bridgehead atoms. The van der Waals surface area contributed by atoms with E-state index < -0.39 is 17.7 Å². The number of ether oxygens (including phenoxy) is 2. The van der Waals surface area contributed by atoms with Crippen molar-refractivity contribution in [2.24, 2.45) is 0 Å². The maximum Gasteiger partial charge on any atom is 0.191 e. The van der Waals surface area contributed by atoms with E-state index in [1.807, 2.05) is 30.3 Å². The van der Waals surface area contributed by atoms with E-state index in [1.165, 1.54) is 18.2 Å². The van der Waals surface area contributed by atoms with Crippen LogP contribution in [0.3, 0.4) is 0 Å². The number of nitrogens with one attached hydrogen (secondary N) is 1. The van der Waals surface area contributed by atoms with Crippen molar-refractivity contribution in [1.82, 2.24) is 5.32 Å². The Bertz CT molecular complexity index is 595. The molecule has 3 rings (SSSR count). The number of hydrogen-bond acceptors (Lipinski definition) is 3. The van der Waals surface area contributed by atoms with Crippen LogP contribution < -0.4 is 10.1 Å². The molecule has 1 N–H and O–H groups in total. The molecule has 1 saturated heterocycles. The Kier molecular flexibility index (Phi) is 4.65. The summed E-state index contributed by atoms with van der Waals surface area (Å²) in [6.45, 7) is 1.86.